The van der Waals surface area contributed by atoms with Crippen LogP contribution in [0.25, 0.3) is 10.9 Å². The number of aromatic hydroxyl groups is 1. The molecule has 1 aromatic heterocycles. The summed E-state index contributed by atoms with van der Waals surface area (Å²) in [6.07, 6.45) is 0. The smallest absolute Gasteiger partial charge is 0.261 e. The summed E-state index contributed by atoms with van der Waals surface area (Å²) in [7, 11) is 1.58. The largest absolute Gasteiger partial charge is 0.508 e. The van der Waals surface area contributed by atoms with Crippen LogP contribution in [0.2, 0.25) is 0 Å². The molecule has 0 saturated carbocycles. The third-order valence-corrected chi connectivity index (χ3v) is 2.44. The van der Waals surface area contributed by atoms with Gasteiger partial charge in [0, 0.05) is 7.05 Å². The average molecular weight is 208 g/mol. The molecule has 1 heterocycles. The fourth-order valence-corrected chi connectivity index (χ4v) is 1.45. The van der Waals surface area contributed by atoms with Crippen molar-refractivity contribution < 1.29 is 5.11 Å². The molecule has 0 fully saturated rings. The van der Waals surface area contributed by atoms with Crippen LogP contribution in [0.3, 0.4) is 0 Å². The fraction of sp³-hybridized carbons (Fsp3) is 0.111. The van der Waals surface area contributed by atoms with Crippen LogP contribution in [0.5, 0.6) is 5.75 Å². The zero-order valence-electron chi connectivity index (χ0n) is 7.43. The Kier molecular flexibility index (Phi) is 1.96. The first-order valence-corrected chi connectivity index (χ1v) is 4.43. The zero-order chi connectivity index (χ0) is 10.3. The number of thiol groups is 1. The topological polar surface area (TPSA) is 55.1 Å². The Hall–Kier alpha value is -1.49. The minimum atomic E-state index is -0.212. The van der Waals surface area contributed by atoms with Gasteiger partial charge in [0.25, 0.3) is 5.56 Å². The van der Waals surface area contributed by atoms with Gasteiger partial charge < -0.3 is 5.11 Å². The van der Waals surface area contributed by atoms with Gasteiger partial charge in [0.1, 0.15) is 5.75 Å². The summed E-state index contributed by atoms with van der Waals surface area (Å²) in [6.45, 7) is 0. The van der Waals surface area contributed by atoms with Crippen LogP contribution in [-0.4, -0.2) is 14.7 Å². The van der Waals surface area contributed by atoms with Crippen LogP contribution in [0.1, 0.15) is 0 Å². The molecule has 1 aromatic carbocycles. The van der Waals surface area contributed by atoms with Gasteiger partial charge in [-0.2, -0.15) is 0 Å². The van der Waals surface area contributed by atoms with Gasteiger partial charge in [-0.1, -0.05) is 0 Å². The molecule has 0 saturated heterocycles. The maximum atomic E-state index is 11.7. The highest BCUT2D eigenvalue weighted by molar-refractivity contribution is 7.80. The van der Waals surface area contributed by atoms with Gasteiger partial charge in [0.2, 0.25) is 0 Å². The Morgan fingerprint density at radius 3 is 2.93 bits per heavy atom. The quantitative estimate of drug-likeness (QED) is 0.500. The highest BCUT2D eigenvalue weighted by Gasteiger charge is 2.05. The van der Waals surface area contributed by atoms with E-state index in [1.165, 1.54) is 16.7 Å². The molecule has 5 heteroatoms. The summed E-state index contributed by atoms with van der Waals surface area (Å²) in [5.74, 6) is 0.0586. The lowest BCUT2D eigenvalue weighted by Gasteiger charge is -2.03. The molecule has 0 unspecified atom stereocenters. The molecular formula is C9H8N2O2S. The van der Waals surface area contributed by atoms with E-state index < -0.39 is 0 Å². The molecule has 0 aliphatic rings. The van der Waals surface area contributed by atoms with Gasteiger partial charge in [-0.15, -0.1) is 12.6 Å². The predicted octanol–water partition coefficient (Wildman–Crippen LogP) is 0.928. The number of phenolic OH excluding ortho intramolecular Hbond substituents is 1. The average Bonchev–Trinajstić information content (AvgIpc) is 2.16. The maximum Gasteiger partial charge on any atom is 0.261 e. The number of hydrogen-bond donors (Lipinski definition) is 2. The number of hydrogen-bond acceptors (Lipinski definition) is 4. The normalized spacial score (nSPS) is 10.7. The van der Waals surface area contributed by atoms with E-state index in [0.29, 0.717) is 16.1 Å². The van der Waals surface area contributed by atoms with Crippen molar-refractivity contribution in [1.82, 2.24) is 9.55 Å². The van der Waals surface area contributed by atoms with Gasteiger partial charge in [-0.25, -0.2) is 4.98 Å². The Morgan fingerprint density at radius 2 is 2.21 bits per heavy atom. The Morgan fingerprint density at radius 1 is 1.50 bits per heavy atom. The lowest BCUT2D eigenvalue weighted by Crippen LogP contribution is -2.18. The summed E-state index contributed by atoms with van der Waals surface area (Å²) in [5, 5.41) is 9.97. The monoisotopic (exact) mass is 208 g/mol. The highest BCUT2D eigenvalue weighted by atomic mass is 32.1. The Bertz CT molecular complexity index is 562. The minimum Gasteiger partial charge on any atom is -0.508 e. The van der Waals surface area contributed by atoms with E-state index in [2.05, 4.69) is 17.6 Å². The lowest BCUT2D eigenvalue weighted by molar-refractivity contribution is 0.476. The maximum absolute atomic E-state index is 11.7. The van der Waals surface area contributed by atoms with E-state index in [0.717, 1.165) is 0 Å². The van der Waals surface area contributed by atoms with Gasteiger partial charge in [-0.05, 0) is 18.2 Å². The summed E-state index contributed by atoms with van der Waals surface area (Å²) in [4.78, 5) is 15.8. The van der Waals surface area contributed by atoms with Crippen LogP contribution >= 0.6 is 12.6 Å². The van der Waals surface area contributed by atoms with Crippen LogP contribution in [0.4, 0.5) is 0 Å². The van der Waals surface area contributed by atoms with Crippen LogP contribution < -0.4 is 5.56 Å². The van der Waals surface area contributed by atoms with Crippen molar-refractivity contribution >= 4 is 23.5 Å². The fourth-order valence-electron chi connectivity index (χ4n) is 1.25. The lowest BCUT2D eigenvalue weighted by atomic mass is 10.2. The van der Waals surface area contributed by atoms with Gasteiger partial charge in [0.15, 0.2) is 5.16 Å². The second kappa shape index (κ2) is 3.02. The number of nitrogens with zero attached hydrogens (tertiary/aromatic N) is 2. The number of benzene rings is 1. The molecule has 0 aliphatic heterocycles. The van der Waals surface area contributed by atoms with Gasteiger partial charge in [-0.3, -0.25) is 9.36 Å². The van der Waals surface area contributed by atoms with E-state index >= 15 is 0 Å². The summed E-state index contributed by atoms with van der Waals surface area (Å²) >= 11 is 4.06. The number of rotatable bonds is 0. The summed E-state index contributed by atoms with van der Waals surface area (Å²) in [5.41, 5.74) is 0.326. The van der Waals surface area contributed by atoms with Crippen molar-refractivity contribution in [3.8, 4) is 5.75 Å². The van der Waals surface area contributed by atoms with Crippen molar-refractivity contribution in [3.63, 3.8) is 0 Å². The summed E-state index contributed by atoms with van der Waals surface area (Å²) < 4.78 is 1.32. The first kappa shape index (κ1) is 9.08. The SMILES string of the molecule is Cn1c(S)nc2ccc(O)cc2c1=O. The number of aromatic nitrogens is 2. The second-order valence-corrected chi connectivity index (χ2v) is 3.38. The molecular weight excluding hydrogens is 200 g/mol. The Labute approximate surface area is 85.2 Å². The molecule has 1 N–H and O–H groups in total. The van der Waals surface area contributed by atoms with Crippen molar-refractivity contribution in [2.24, 2.45) is 7.05 Å². The molecule has 4 nitrogen and oxygen atoms in total. The molecule has 0 amide bonds. The number of fused-ring (bicyclic) bond motifs is 1. The first-order chi connectivity index (χ1) is 6.59. The molecule has 0 bridgehead atoms. The van der Waals surface area contributed by atoms with E-state index in [1.807, 2.05) is 0 Å². The second-order valence-electron chi connectivity index (χ2n) is 2.98. The molecule has 2 aromatic rings. The molecule has 0 aliphatic carbocycles. The van der Waals surface area contributed by atoms with Crippen LogP contribution in [-0.2, 0) is 7.05 Å². The predicted molar refractivity (Wildman–Crippen MR) is 55.9 cm³/mol. The minimum absolute atomic E-state index is 0.0586. The molecule has 0 atom stereocenters. The zero-order valence-corrected chi connectivity index (χ0v) is 8.32. The molecule has 72 valence electrons. The van der Waals surface area contributed by atoms with Crippen molar-refractivity contribution in [2.45, 2.75) is 5.16 Å². The van der Waals surface area contributed by atoms with E-state index in [-0.39, 0.29) is 11.3 Å². The van der Waals surface area contributed by atoms with Crippen LogP contribution in [0, 0.1) is 0 Å². The standard InChI is InChI=1S/C9H8N2O2S/c1-11-8(13)6-4-5(12)2-3-7(6)10-9(11)14/h2-4,12H,1H3,(H,10,14). The molecule has 2 rings (SSSR count). The molecule has 14 heavy (non-hydrogen) atoms. The molecule has 0 radical (unpaired) electrons. The third kappa shape index (κ3) is 1.26. The Balaban J connectivity index is 2.99. The van der Waals surface area contributed by atoms with Gasteiger partial charge in [0.05, 0.1) is 10.9 Å². The first-order valence-electron chi connectivity index (χ1n) is 3.98. The third-order valence-electron chi connectivity index (χ3n) is 2.04. The van der Waals surface area contributed by atoms with Crippen molar-refractivity contribution in [1.29, 1.82) is 0 Å². The number of phenols is 1. The van der Waals surface area contributed by atoms with E-state index in [4.69, 9.17) is 0 Å². The highest BCUT2D eigenvalue weighted by Crippen LogP contribution is 2.15. The molecule has 0 spiro atoms. The van der Waals surface area contributed by atoms with Gasteiger partial charge >= 0.3 is 0 Å². The van der Waals surface area contributed by atoms with Crippen molar-refractivity contribution in [3.05, 3.63) is 28.6 Å². The summed E-state index contributed by atoms with van der Waals surface area (Å²) in [6, 6.07) is 4.48. The van der Waals surface area contributed by atoms with E-state index in [9.17, 15) is 9.90 Å². The van der Waals surface area contributed by atoms with Crippen LogP contribution in [0.15, 0.2) is 28.2 Å². The van der Waals surface area contributed by atoms with E-state index in [1.54, 1.807) is 13.1 Å². The van der Waals surface area contributed by atoms with Crippen molar-refractivity contribution in [2.75, 3.05) is 0 Å².